The Morgan fingerprint density at radius 2 is 1.84 bits per heavy atom. The van der Waals surface area contributed by atoms with Gasteiger partial charge in [0.05, 0.1) is 20.1 Å². The monoisotopic (exact) mass is 435 g/mol. The summed E-state index contributed by atoms with van der Waals surface area (Å²) in [6, 6.07) is 19.6. The van der Waals surface area contributed by atoms with Crippen molar-refractivity contribution in [2.75, 3.05) is 13.7 Å². The first kappa shape index (κ1) is 24.1. The van der Waals surface area contributed by atoms with Crippen LogP contribution in [0, 0.1) is 0 Å². The molecule has 0 heterocycles. The van der Waals surface area contributed by atoms with E-state index < -0.39 is 0 Å². The number of carbonyl (C=O) groups excluding carboxylic acids is 1. The van der Waals surface area contributed by atoms with Crippen molar-refractivity contribution >= 4 is 5.97 Å². The van der Waals surface area contributed by atoms with E-state index in [1.54, 1.807) is 0 Å². The van der Waals surface area contributed by atoms with Crippen LogP contribution in [-0.4, -0.2) is 31.8 Å². The maximum Gasteiger partial charge on any atom is 0.309 e. The Morgan fingerprint density at radius 3 is 2.53 bits per heavy atom. The van der Waals surface area contributed by atoms with Crippen molar-refractivity contribution in [2.45, 2.75) is 69.9 Å². The van der Waals surface area contributed by atoms with Crippen molar-refractivity contribution in [2.24, 2.45) is 0 Å². The number of esters is 1. The van der Waals surface area contributed by atoms with Crippen molar-refractivity contribution in [3.8, 4) is 5.75 Å². The van der Waals surface area contributed by atoms with E-state index in [9.17, 15) is 4.79 Å². The van der Waals surface area contributed by atoms with Gasteiger partial charge in [0.1, 0.15) is 5.75 Å². The lowest BCUT2D eigenvalue weighted by molar-refractivity contribution is -0.139. The summed E-state index contributed by atoms with van der Waals surface area (Å²) in [6.07, 6.45) is 6.96. The molecule has 1 unspecified atom stereocenters. The van der Waals surface area contributed by atoms with Gasteiger partial charge in [-0.15, -0.1) is 0 Å². The molecule has 2 aromatic carbocycles. The molecule has 1 saturated carbocycles. The summed E-state index contributed by atoms with van der Waals surface area (Å²) in [5, 5.41) is 3.90. The first-order chi connectivity index (χ1) is 15.6. The zero-order valence-corrected chi connectivity index (χ0v) is 19.5. The van der Waals surface area contributed by atoms with Gasteiger partial charge in [-0.05, 0) is 48.9 Å². The van der Waals surface area contributed by atoms with E-state index >= 15 is 0 Å². The number of nitrogens with one attached hydrogen (secondary N) is 1. The van der Waals surface area contributed by atoms with Gasteiger partial charge in [-0.1, -0.05) is 68.0 Å². The first-order valence-electron chi connectivity index (χ1n) is 11.8. The summed E-state index contributed by atoms with van der Waals surface area (Å²) in [6.45, 7) is 7.16. The number of carbonyl (C=O) groups is 1. The average Bonchev–Trinajstić information content (AvgIpc) is 3.58. The number of ether oxygens (including phenoxy) is 2. The van der Waals surface area contributed by atoms with E-state index in [2.05, 4.69) is 49.2 Å². The maximum absolute atomic E-state index is 11.3. The molecule has 4 heteroatoms. The fourth-order valence-corrected chi connectivity index (χ4v) is 4.17. The molecule has 0 aromatic heterocycles. The molecule has 1 fully saturated rings. The fraction of sp³-hybridized carbons (Fsp3) is 0.464. The van der Waals surface area contributed by atoms with Gasteiger partial charge >= 0.3 is 5.97 Å². The maximum atomic E-state index is 11.3. The largest absolute Gasteiger partial charge is 0.493 e. The third kappa shape index (κ3) is 7.83. The number of benzene rings is 2. The molecular weight excluding hydrogens is 398 g/mol. The van der Waals surface area contributed by atoms with Gasteiger partial charge in [0.25, 0.3) is 0 Å². The number of hydrogen-bond donors (Lipinski definition) is 1. The number of methoxy groups -OCH3 is 1. The van der Waals surface area contributed by atoms with Crippen LogP contribution in [0.3, 0.4) is 0 Å². The normalized spacial score (nSPS) is 18.1. The second-order valence-electron chi connectivity index (χ2n) is 8.80. The molecule has 2 aromatic rings. The van der Waals surface area contributed by atoms with Gasteiger partial charge in [0.15, 0.2) is 0 Å². The Hall–Kier alpha value is -2.59. The van der Waals surface area contributed by atoms with Crippen LogP contribution in [0.4, 0.5) is 0 Å². The van der Waals surface area contributed by atoms with Gasteiger partial charge < -0.3 is 14.8 Å². The molecule has 32 heavy (non-hydrogen) atoms. The zero-order valence-electron chi connectivity index (χ0n) is 19.5. The van der Waals surface area contributed by atoms with Crippen LogP contribution in [0.1, 0.15) is 62.5 Å². The van der Waals surface area contributed by atoms with Gasteiger partial charge in [0, 0.05) is 24.4 Å². The van der Waals surface area contributed by atoms with Crippen LogP contribution in [0.5, 0.6) is 5.75 Å². The quantitative estimate of drug-likeness (QED) is 0.300. The standard InChI is InChI=1S/C28H37NO3/c1-4-8-24(29-27-20-26(27)23-9-6-5-7-10-23)14-11-21(2)17-18-32-25-15-12-22(13-16-25)19-28(30)31-3/h5-7,9-10,12-13,15-16,24,26-27,29H,2,4,8,11,14,17-20H2,1,3H3/t24?,26-,27+/m0/s1. The highest BCUT2D eigenvalue weighted by Crippen LogP contribution is 2.41. The lowest BCUT2D eigenvalue weighted by Crippen LogP contribution is -2.31. The molecule has 0 radical (unpaired) electrons. The topological polar surface area (TPSA) is 47.6 Å². The zero-order chi connectivity index (χ0) is 22.8. The van der Waals surface area contributed by atoms with E-state index in [-0.39, 0.29) is 12.4 Å². The number of hydrogen-bond acceptors (Lipinski definition) is 4. The van der Waals surface area contributed by atoms with Gasteiger partial charge in [0.2, 0.25) is 0 Å². The fourth-order valence-electron chi connectivity index (χ4n) is 4.17. The Balaban J connectivity index is 1.34. The smallest absolute Gasteiger partial charge is 0.309 e. The van der Waals surface area contributed by atoms with Crippen LogP contribution in [0.25, 0.3) is 0 Å². The summed E-state index contributed by atoms with van der Waals surface area (Å²) in [4.78, 5) is 11.3. The molecule has 0 bridgehead atoms. The molecule has 0 spiro atoms. The Labute approximate surface area is 193 Å². The lowest BCUT2D eigenvalue weighted by atomic mass is 10.0. The van der Waals surface area contributed by atoms with Crippen molar-refractivity contribution in [1.29, 1.82) is 0 Å². The highest BCUT2D eigenvalue weighted by Gasteiger charge is 2.38. The molecular formula is C28H37NO3. The van der Waals surface area contributed by atoms with Crippen molar-refractivity contribution in [3.63, 3.8) is 0 Å². The van der Waals surface area contributed by atoms with E-state index in [4.69, 9.17) is 9.47 Å². The van der Waals surface area contributed by atoms with Gasteiger partial charge in [-0.25, -0.2) is 0 Å². The van der Waals surface area contributed by atoms with Crippen LogP contribution in [-0.2, 0) is 16.0 Å². The molecule has 1 aliphatic carbocycles. The van der Waals surface area contributed by atoms with Crippen LogP contribution in [0.15, 0.2) is 66.7 Å². The molecule has 3 rings (SSSR count). The predicted octanol–water partition coefficient (Wildman–Crippen LogP) is 5.82. The average molecular weight is 436 g/mol. The second kappa shape index (κ2) is 12.4. The summed E-state index contributed by atoms with van der Waals surface area (Å²) >= 11 is 0. The molecule has 172 valence electrons. The molecule has 4 nitrogen and oxygen atoms in total. The minimum absolute atomic E-state index is 0.233. The van der Waals surface area contributed by atoms with E-state index in [1.807, 2.05) is 24.3 Å². The van der Waals surface area contributed by atoms with Crippen LogP contribution in [0.2, 0.25) is 0 Å². The molecule has 1 aliphatic rings. The van der Waals surface area contributed by atoms with Crippen LogP contribution < -0.4 is 10.1 Å². The summed E-state index contributed by atoms with van der Waals surface area (Å²) in [5.41, 5.74) is 3.62. The van der Waals surface area contributed by atoms with E-state index in [0.29, 0.717) is 24.6 Å². The summed E-state index contributed by atoms with van der Waals surface area (Å²) < 4.78 is 10.6. The van der Waals surface area contributed by atoms with E-state index in [1.165, 1.54) is 37.5 Å². The molecule has 1 N–H and O–H groups in total. The van der Waals surface area contributed by atoms with Gasteiger partial charge in [-0.3, -0.25) is 4.79 Å². The van der Waals surface area contributed by atoms with Crippen molar-refractivity contribution < 1.29 is 14.3 Å². The van der Waals surface area contributed by atoms with E-state index in [0.717, 1.165) is 30.6 Å². The lowest BCUT2D eigenvalue weighted by Gasteiger charge is -2.19. The van der Waals surface area contributed by atoms with Gasteiger partial charge in [-0.2, -0.15) is 0 Å². The molecule has 3 atom stereocenters. The first-order valence-corrected chi connectivity index (χ1v) is 11.8. The number of rotatable bonds is 14. The van der Waals surface area contributed by atoms with Crippen LogP contribution >= 0.6 is 0 Å². The summed E-state index contributed by atoms with van der Waals surface area (Å²) in [7, 11) is 1.40. The predicted molar refractivity (Wildman–Crippen MR) is 130 cm³/mol. The highest BCUT2D eigenvalue weighted by atomic mass is 16.5. The SMILES string of the molecule is C=C(CCOc1ccc(CC(=O)OC)cc1)CCC(CCC)N[C@@H]1C[C@H]1c1ccccc1. The molecule has 0 saturated heterocycles. The second-order valence-corrected chi connectivity index (χ2v) is 8.80. The molecule has 0 aliphatic heterocycles. The Kier molecular flexibility index (Phi) is 9.36. The van der Waals surface area contributed by atoms with Crippen molar-refractivity contribution in [1.82, 2.24) is 5.32 Å². The Bertz CT molecular complexity index is 847. The Morgan fingerprint density at radius 1 is 1.09 bits per heavy atom. The van der Waals surface area contributed by atoms with Crippen molar-refractivity contribution in [3.05, 3.63) is 77.9 Å². The molecule has 0 amide bonds. The minimum atomic E-state index is -0.233. The highest BCUT2D eigenvalue weighted by molar-refractivity contribution is 5.72. The summed E-state index contributed by atoms with van der Waals surface area (Å²) in [5.74, 6) is 1.26. The minimum Gasteiger partial charge on any atom is -0.493 e. The third-order valence-electron chi connectivity index (χ3n) is 6.18. The third-order valence-corrected chi connectivity index (χ3v) is 6.18.